The van der Waals surface area contributed by atoms with Gasteiger partial charge in [-0.05, 0) is 26.3 Å². The van der Waals surface area contributed by atoms with Gasteiger partial charge in [0.15, 0.2) is 0 Å². The van der Waals surface area contributed by atoms with Gasteiger partial charge >= 0.3 is 0 Å². The van der Waals surface area contributed by atoms with Crippen LogP contribution in [0.3, 0.4) is 0 Å². The van der Waals surface area contributed by atoms with E-state index < -0.39 is 5.54 Å². The minimum Gasteiger partial charge on any atom is -0.505 e. The van der Waals surface area contributed by atoms with E-state index >= 15 is 0 Å². The minimum absolute atomic E-state index is 0.123. The van der Waals surface area contributed by atoms with Crippen LogP contribution in [0.5, 0.6) is 5.75 Å². The van der Waals surface area contributed by atoms with Crippen molar-refractivity contribution in [1.29, 1.82) is 0 Å². The largest absolute Gasteiger partial charge is 0.505 e. The summed E-state index contributed by atoms with van der Waals surface area (Å²) in [5.41, 5.74) is -0.174. The topological polar surface area (TPSA) is 62.2 Å². The zero-order chi connectivity index (χ0) is 12.2. The van der Waals surface area contributed by atoms with Gasteiger partial charge in [-0.2, -0.15) is 0 Å². The first-order valence-electron chi connectivity index (χ1n) is 4.98. The van der Waals surface area contributed by atoms with Crippen LogP contribution in [-0.2, 0) is 0 Å². The van der Waals surface area contributed by atoms with Gasteiger partial charge in [0.2, 0.25) is 0 Å². The number of carbonyl (C=O) groups is 1. The van der Waals surface area contributed by atoms with Crippen LogP contribution in [0.15, 0.2) is 18.5 Å². The first kappa shape index (κ1) is 12.8. The molecule has 0 aliphatic heterocycles. The fourth-order valence-electron chi connectivity index (χ4n) is 1.25. The number of aromatic hydroxyl groups is 1. The van der Waals surface area contributed by atoms with Gasteiger partial charge in [-0.1, -0.05) is 0 Å². The third kappa shape index (κ3) is 3.38. The Morgan fingerprint density at radius 2 is 2.31 bits per heavy atom. The van der Waals surface area contributed by atoms with Crippen molar-refractivity contribution in [3.63, 3.8) is 0 Å². The second-order valence-electron chi connectivity index (χ2n) is 4.17. The van der Waals surface area contributed by atoms with Crippen molar-refractivity contribution in [2.45, 2.75) is 25.8 Å². The van der Waals surface area contributed by atoms with Crippen molar-refractivity contribution in [3.05, 3.63) is 24.0 Å². The number of halogens is 1. The average Bonchev–Trinajstić information content (AvgIpc) is 2.17. The van der Waals surface area contributed by atoms with Crippen LogP contribution in [0.4, 0.5) is 0 Å². The fraction of sp³-hybridized carbons (Fsp3) is 0.455. The molecule has 0 aliphatic carbocycles. The zero-order valence-electron chi connectivity index (χ0n) is 9.33. The summed E-state index contributed by atoms with van der Waals surface area (Å²) in [7, 11) is 0. The average molecular weight is 243 g/mol. The Kier molecular flexibility index (Phi) is 4.12. The van der Waals surface area contributed by atoms with Crippen LogP contribution in [-0.4, -0.2) is 27.4 Å². The van der Waals surface area contributed by atoms with Gasteiger partial charge in [-0.3, -0.25) is 9.78 Å². The summed E-state index contributed by atoms with van der Waals surface area (Å²) in [5.74, 6) is 0.0204. The SMILES string of the molecule is CC(C)(CCCl)NC(=O)c1ccncc1O. The molecule has 0 fully saturated rings. The molecule has 0 aromatic carbocycles. The Hall–Kier alpha value is -1.29. The Balaban J connectivity index is 2.77. The highest BCUT2D eigenvalue weighted by molar-refractivity contribution is 6.17. The molecule has 0 saturated carbocycles. The third-order valence-electron chi connectivity index (χ3n) is 2.22. The van der Waals surface area contributed by atoms with Crippen molar-refractivity contribution >= 4 is 17.5 Å². The molecule has 0 aliphatic rings. The molecule has 1 aromatic rings. The first-order chi connectivity index (χ1) is 7.46. The molecule has 4 nitrogen and oxygen atoms in total. The van der Waals surface area contributed by atoms with Crippen LogP contribution in [0.1, 0.15) is 30.6 Å². The molecule has 1 rings (SSSR count). The van der Waals surface area contributed by atoms with Crippen molar-refractivity contribution in [2.24, 2.45) is 0 Å². The molecule has 1 heterocycles. The van der Waals surface area contributed by atoms with Gasteiger partial charge in [0.25, 0.3) is 5.91 Å². The number of carbonyl (C=O) groups excluding carboxylic acids is 1. The predicted molar refractivity (Wildman–Crippen MR) is 62.8 cm³/mol. The molecule has 5 heteroatoms. The van der Waals surface area contributed by atoms with E-state index in [1.54, 1.807) is 0 Å². The second kappa shape index (κ2) is 5.16. The monoisotopic (exact) mass is 242 g/mol. The second-order valence-corrected chi connectivity index (χ2v) is 4.55. The number of aromatic nitrogens is 1. The minimum atomic E-state index is -0.394. The lowest BCUT2D eigenvalue weighted by Gasteiger charge is -2.25. The smallest absolute Gasteiger partial charge is 0.255 e. The summed E-state index contributed by atoms with van der Waals surface area (Å²) in [4.78, 5) is 15.5. The number of amides is 1. The molecule has 16 heavy (non-hydrogen) atoms. The molecule has 0 saturated heterocycles. The van der Waals surface area contributed by atoms with Gasteiger partial charge < -0.3 is 10.4 Å². The Morgan fingerprint density at radius 3 is 2.88 bits per heavy atom. The lowest BCUT2D eigenvalue weighted by molar-refractivity contribution is 0.0909. The summed E-state index contributed by atoms with van der Waals surface area (Å²) in [6, 6.07) is 1.47. The van der Waals surface area contributed by atoms with E-state index in [0.717, 1.165) is 0 Å². The van der Waals surface area contributed by atoms with Gasteiger partial charge in [-0.25, -0.2) is 0 Å². The van der Waals surface area contributed by atoms with E-state index in [1.165, 1.54) is 18.5 Å². The summed E-state index contributed by atoms with van der Waals surface area (Å²) in [5, 5.41) is 12.3. The highest BCUT2D eigenvalue weighted by Crippen LogP contribution is 2.16. The lowest BCUT2D eigenvalue weighted by Crippen LogP contribution is -2.43. The number of pyridine rings is 1. The molecule has 0 unspecified atom stereocenters. The molecule has 2 N–H and O–H groups in total. The van der Waals surface area contributed by atoms with Gasteiger partial charge in [0.1, 0.15) is 5.75 Å². The zero-order valence-corrected chi connectivity index (χ0v) is 10.1. The van der Waals surface area contributed by atoms with Gasteiger partial charge in [0, 0.05) is 17.6 Å². The Bertz CT molecular complexity index is 380. The summed E-state index contributed by atoms with van der Waals surface area (Å²) in [6.07, 6.45) is 3.36. The van der Waals surface area contributed by atoms with Crippen LogP contribution >= 0.6 is 11.6 Å². The van der Waals surface area contributed by atoms with Crippen molar-refractivity contribution in [2.75, 3.05) is 5.88 Å². The van der Waals surface area contributed by atoms with Crippen LogP contribution in [0, 0.1) is 0 Å². The quantitative estimate of drug-likeness (QED) is 0.793. The summed E-state index contributed by atoms with van der Waals surface area (Å²) < 4.78 is 0. The van der Waals surface area contributed by atoms with Crippen molar-refractivity contribution < 1.29 is 9.90 Å². The summed E-state index contributed by atoms with van der Waals surface area (Å²) in [6.45, 7) is 3.76. The highest BCUT2D eigenvalue weighted by atomic mass is 35.5. The van der Waals surface area contributed by atoms with E-state index in [0.29, 0.717) is 12.3 Å². The van der Waals surface area contributed by atoms with E-state index in [-0.39, 0.29) is 17.2 Å². The molecule has 0 spiro atoms. The molecule has 1 amide bonds. The number of nitrogens with zero attached hydrogens (tertiary/aromatic N) is 1. The lowest BCUT2D eigenvalue weighted by atomic mass is 10.0. The van der Waals surface area contributed by atoms with E-state index in [9.17, 15) is 9.90 Å². The molecule has 0 atom stereocenters. The number of rotatable bonds is 4. The van der Waals surface area contributed by atoms with Crippen molar-refractivity contribution in [1.82, 2.24) is 10.3 Å². The number of alkyl halides is 1. The molecular formula is C11H15ClN2O2. The maximum absolute atomic E-state index is 11.8. The first-order valence-corrected chi connectivity index (χ1v) is 5.51. The molecular weight excluding hydrogens is 228 g/mol. The Labute approximate surface area is 99.6 Å². The number of hydrogen-bond donors (Lipinski definition) is 2. The van der Waals surface area contributed by atoms with E-state index in [2.05, 4.69) is 10.3 Å². The van der Waals surface area contributed by atoms with Crippen LogP contribution in [0.25, 0.3) is 0 Å². The molecule has 88 valence electrons. The number of nitrogens with one attached hydrogen (secondary N) is 1. The maximum Gasteiger partial charge on any atom is 0.255 e. The normalized spacial score (nSPS) is 11.2. The molecule has 0 bridgehead atoms. The van der Waals surface area contributed by atoms with Crippen LogP contribution in [0.2, 0.25) is 0 Å². The van der Waals surface area contributed by atoms with E-state index in [1.807, 2.05) is 13.8 Å². The Morgan fingerprint density at radius 1 is 1.62 bits per heavy atom. The maximum atomic E-state index is 11.8. The third-order valence-corrected chi connectivity index (χ3v) is 2.41. The van der Waals surface area contributed by atoms with Gasteiger partial charge in [0.05, 0.1) is 11.8 Å². The standard InChI is InChI=1S/C11H15ClN2O2/c1-11(2,4-5-12)14-10(16)8-3-6-13-7-9(8)15/h3,6-7,15H,4-5H2,1-2H3,(H,14,16). The molecule has 1 aromatic heterocycles. The van der Waals surface area contributed by atoms with Gasteiger partial charge in [-0.15, -0.1) is 11.6 Å². The van der Waals surface area contributed by atoms with E-state index in [4.69, 9.17) is 11.6 Å². The van der Waals surface area contributed by atoms with Crippen molar-refractivity contribution in [3.8, 4) is 5.75 Å². The van der Waals surface area contributed by atoms with Crippen LogP contribution < -0.4 is 5.32 Å². The fourth-order valence-corrected chi connectivity index (χ4v) is 1.72. The molecule has 0 radical (unpaired) electrons. The number of hydrogen-bond acceptors (Lipinski definition) is 3. The summed E-state index contributed by atoms with van der Waals surface area (Å²) >= 11 is 5.64. The predicted octanol–water partition coefficient (Wildman–Crippen LogP) is 1.92. The highest BCUT2D eigenvalue weighted by Gasteiger charge is 2.21.